The van der Waals surface area contributed by atoms with Crippen molar-refractivity contribution >= 4 is 0 Å². The van der Waals surface area contributed by atoms with Crippen LogP contribution in [0.15, 0.2) is 24.3 Å². The van der Waals surface area contributed by atoms with Gasteiger partial charge in [-0.25, -0.2) is 0 Å². The van der Waals surface area contributed by atoms with Gasteiger partial charge in [0.2, 0.25) is 0 Å². The van der Waals surface area contributed by atoms with Crippen molar-refractivity contribution in [3.63, 3.8) is 0 Å². The van der Waals surface area contributed by atoms with Crippen molar-refractivity contribution in [3.8, 4) is 0 Å². The second kappa shape index (κ2) is 4.45. The van der Waals surface area contributed by atoms with Crippen LogP contribution in [0.4, 0.5) is 0 Å². The first-order chi connectivity index (χ1) is 8.29. The van der Waals surface area contributed by atoms with Gasteiger partial charge in [-0.1, -0.05) is 44.5 Å². The Morgan fingerprint density at radius 2 is 1.94 bits per heavy atom. The Morgan fingerprint density at radius 3 is 2.65 bits per heavy atom. The molecule has 0 aromatic heterocycles. The lowest BCUT2D eigenvalue weighted by atomic mass is 9.81. The van der Waals surface area contributed by atoms with E-state index in [0.717, 1.165) is 17.9 Å². The van der Waals surface area contributed by atoms with E-state index in [1.807, 2.05) is 0 Å². The fourth-order valence-electron chi connectivity index (χ4n) is 3.34. The van der Waals surface area contributed by atoms with E-state index in [2.05, 4.69) is 43.4 Å². The third-order valence-electron chi connectivity index (χ3n) is 4.65. The van der Waals surface area contributed by atoms with E-state index in [0.29, 0.717) is 6.04 Å². The van der Waals surface area contributed by atoms with Crippen LogP contribution < -0.4 is 5.32 Å². The van der Waals surface area contributed by atoms with E-state index in [9.17, 15) is 0 Å². The number of rotatable bonds is 3. The highest BCUT2D eigenvalue weighted by Gasteiger charge is 2.37. The van der Waals surface area contributed by atoms with Gasteiger partial charge in [0.05, 0.1) is 0 Å². The van der Waals surface area contributed by atoms with Crippen LogP contribution >= 0.6 is 0 Å². The van der Waals surface area contributed by atoms with Crippen molar-refractivity contribution in [2.75, 3.05) is 0 Å². The van der Waals surface area contributed by atoms with Crippen molar-refractivity contribution in [3.05, 3.63) is 35.4 Å². The van der Waals surface area contributed by atoms with E-state index in [1.165, 1.54) is 25.7 Å². The molecule has 17 heavy (non-hydrogen) atoms. The van der Waals surface area contributed by atoms with Gasteiger partial charge in [0.25, 0.3) is 0 Å². The lowest BCUT2D eigenvalue weighted by Gasteiger charge is -2.30. The van der Waals surface area contributed by atoms with Gasteiger partial charge in [-0.15, -0.1) is 0 Å². The van der Waals surface area contributed by atoms with E-state index >= 15 is 0 Å². The summed E-state index contributed by atoms with van der Waals surface area (Å²) >= 11 is 0. The molecule has 0 heterocycles. The zero-order valence-electron chi connectivity index (χ0n) is 10.9. The van der Waals surface area contributed by atoms with Crippen LogP contribution in [-0.2, 0) is 0 Å². The van der Waals surface area contributed by atoms with Gasteiger partial charge in [0.15, 0.2) is 0 Å². The maximum absolute atomic E-state index is 3.87. The fourth-order valence-corrected chi connectivity index (χ4v) is 3.34. The maximum atomic E-state index is 3.87. The normalized spacial score (nSPS) is 35.4. The molecule has 0 saturated heterocycles. The largest absolute Gasteiger partial charge is 0.307 e. The molecular weight excluding hydrogens is 206 g/mol. The Morgan fingerprint density at radius 1 is 1.18 bits per heavy atom. The van der Waals surface area contributed by atoms with E-state index in [1.54, 1.807) is 11.1 Å². The average molecular weight is 229 g/mol. The summed E-state index contributed by atoms with van der Waals surface area (Å²) in [5.41, 5.74) is 3.14. The maximum Gasteiger partial charge on any atom is 0.0325 e. The molecule has 1 nitrogen and oxygen atoms in total. The van der Waals surface area contributed by atoms with Crippen LogP contribution in [0.5, 0.6) is 0 Å². The van der Waals surface area contributed by atoms with Crippen LogP contribution in [0, 0.1) is 5.92 Å². The summed E-state index contributed by atoms with van der Waals surface area (Å²) < 4.78 is 0. The number of hydrogen-bond donors (Lipinski definition) is 1. The van der Waals surface area contributed by atoms with Gasteiger partial charge in [-0.3, -0.25) is 0 Å². The first-order valence-electron chi connectivity index (χ1n) is 7.14. The average Bonchev–Trinajstić information content (AvgIpc) is 3.12. The zero-order chi connectivity index (χ0) is 11.8. The van der Waals surface area contributed by atoms with Crippen LogP contribution in [0.3, 0.4) is 0 Å². The van der Waals surface area contributed by atoms with Crippen molar-refractivity contribution in [1.29, 1.82) is 0 Å². The van der Waals surface area contributed by atoms with Crippen LogP contribution in [-0.4, -0.2) is 6.04 Å². The molecule has 4 unspecified atom stereocenters. The molecular formula is C16H23N. The predicted octanol–water partition coefficient (Wildman–Crippen LogP) is 4.01. The molecule has 2 aliphatic rings. The summed E-state index contributed by atoms with van der Waals surface area (Å²) in [6.45, 7) is 4.67. The number of nitrogens with one attached hydrogen (secondary N) is 1. The van der Waals surface area contributed by atoms with Crippen molar-refractivity contribution in [2.45, 2.75) is 57.5 Å². The van der Waals surface area contributed by atoms with E-state index < -0.39 is 0 Å². The molecule has 0 spiro atoms. The second-order valence-electron chi connectivity index (χ2n) is 5.84. The van der Waals surface area contributed by atoms with Gasteiger partial charge < -0.3 is 5.32 Å². The Bertz CT molecular complexity index is 398. The molecule has 1 saturated carbocycles. The van der Waals surface area contributed by atoms with Gasteiger partial charge in [0.1, 0.15) is 0 Å². The smallest absolute Gasteiger partial charge is 0.0325 e. The molecule has 1 aromatic carbocycles. The molecule has 1 N–H and O–H groups in total. The summed E-state index contributed by atoms with van der Waals surface area (Å²) in [6.07, 6.45) is 5.37. The molecule has 4 atom stereocenters. The van der Waals surface area contributed by atoms with Gasteiger partial charge >= 0.3 is 0 Å². The van der Waals surface area contributed by atoms with Gasteiger partial charge in [-0.05, 0) is 42.2 Å². The Kier molecular flexibility index (Phi) is 2.96. The Hall–Kier alpha value is -0.820. The zero-order valence-corrected chi connectivity index (χ0v) is 10.9. The quantitative estimate of drug-likeness (QED) is 0.825. The number of fused-ring (bicyclic) bond motifs is 1. The molecule has 92 valence electrons. The molecule has 0 amide bonds. The summed E-state index contributed by atoms with van der Waals surface area (Å²) in [5.74, 6) is 1.69. The highest BCUT2D eigenvalue weighted by molar-refractivity contribution is 5.35. The summed E-state index contributed by atoms with van der Waals surface area (Å²) in [5, 5.41) is 3.87. The number of benzene rings is 1. The highest BCUT2D eigenvalue weighted by Crippen LogP contribution is 2.41. The minimum atomic E-state index is 0.615. The first-order valence-corrected chi connectivity index (χ1v) is 7.14. The third-order valence-corrected chi connectivity index (χ3v) is 4.65. The fraction of sp³-hybridized carbons (Fsp3) is 0.625. The van der Waals surface area contributed by atoms with Crippen LogP contribution in [0.1, 0.15) is 62.6 Å². The molecule has 0 aliphatic heterocycles. The lowest BCUT2D eigenvalue weighted by Crippen LogP contribution is -2.28. The van der Waals surface area contributed by atoms with Crippen molar-refractivity contribution in [2.24, 2.45) is 5.92 Å². The predicted molar refractivity (Wildman–Crippen MR) is 72.2 cm³/mol. The Balaban J connectivity index is 1.76. The summed E-state index contributed by atoms with van der Waals surface area (Å²) in [7, 11) is 0. The molecule has 0 radical (unpaired) electrons. The third kappa shape index (κ3) is 2.13. The summed E-state index contributed by atoms with van der Waals surface area (Å²) in [4.78, 5) is 0. The second-order valence-corrected chi connectivity index (χ2v) is 5.84. The Labute approximate surface area is 105 Å². The SMILES string of the molecule is CCC1CC1NC1CCC(C)c2ccccc21. The number of hydrogen-bond acceptors (Lipinski definition) is 1. The summed E-state index contributed by atoms with van der Waals surface area (Å²) in [6, 6.07) is 10.4. The molecule has 1 aromatic rings. The van der Waals surface area contributed by atoms with Crippen LogP contribution in [0.25, 0.3) is 0 Å². The first kappa shape index (κ1) is 11.3. The van der Waals surface area contributed by atoms with Crippen molar-refractivity contribution in [1.82, 2.24) is 5.32 Å². The minimum absolute atomic E-state index is 0.615. The topological polar surface area (TPSA) is 12.0 Å². The van der Waals surface area contributed by atoms with Crippen molar-refractivity contribution < 1.29 is 0 Å². The molecule has 2 aliphatic carbocycles. The monoisotopic (exact) mass is 229 g/mol. The minimum Gasteiger partial charge on any atom is -0.307 e. The van der Waals surface area contributed by atoms with Gasteiger partial charge in [-0.2, -0.15) is 0 Å². The standard InChI is InChI=1S/C16H23N/c1-3-12-10-16(12)17-15-9-8-11(2)13-6-4-5-7-14(13)15/h4-7,11-12,15-17H,3,8-10H2,1-2H3. The van der Waals surface area contributed by atoms with E-state index in [-0.39, 0.29) is 0 Å². The molecule has 3 rings (SSSR count). The highest BCUT2D eigenvalue weighted by atomic mass is 15.0. The molecule has 1 fully saturated rings. The van der Waals surface area contributed by atoms with Gasteiger partial charge in [0, 0.05) is 12.1 Å². The van der Waals surface area contributed by atoms with Crippen LogP contribution in [0.2, 0.25) is 0 Å². The van der Waals surface area contributed by atoms with E-state index in [4.69, 9.17) is 0 Å². The molecule has 0 bridgehead atoms. The lowest BCUT2D eigenvalue weighted by molar-refractivity contribution is 0.420. The molecule has 1 heteroatoms.